The van der Waals surface area contributed by atoms with Gasteiger partial charge in [-0.1, -0.05) is 41.9 Å². The van der Waals surface area contributed by atoms with Gasteiger partial charge < -0.3 is 10.2 Å². The van der Waals surface area contributed by atoms with E-state index in [4.69, 9.17) is 11.6 Å². The number of halogens is 2. The van der Waals surface area contributed by atoms with Crippen LogP contribution in [0.2, 0.25) is 5.02 Å². The SMILES string of the molecule is O=C(NC(C(=O)N1CCCCC1)=C(Br)c1ccc(Cl)cc1)c1ccccc1. The molecule has 0 aliphatic carbocycles. The Balaban J connectivity index is 1.94. The maximum atomic E-state index is 13.1. The van der Waals surface area contributed by atoms with Gasteiger partial charge in [0.2, 0.25) is 0 Å². The molecule has 27 heavy (non-hydrogen) atoms. The van der Waals surface area contributed by atoms with E-state index < -0.39 is 0 Å². The van der Waals surface area contributed by atoms with Crippen LogP contribution in [0.4, 0.5) is 0 Å². The van der Waals surface area contributed by atoms with Gasteiger partial charge in [0.1, 0.15) is 5.70 Å². The summed E-state index contributed by atoms with van der Waals surface area (Å²) in [7, 11) is 0. The van der Waals surface area contributed by atoms with Crippen LogP contribution in [0.3, 0.4) is 0 Å². The fourth-order valence-corrected chi connectivity index (χ4v) is 3.63. The quantitative estimate of drug-likeness (QED) is 0.681. The smallest absolute Gasteiger partial charge is 0.271 e. The van der Waals surface area contributed by atoms with E-state index >= 15 is 0 Å². The van der Waals surface area contributed by atoms with Crippen LogP contribution in [0.1, 0.15) is 35.2 Å². The van der Waals surface area contributed by atoms with Gasteiger partial charge in [-0.2, -0.15) is 0 Å². The third-order valence-corrected chi connectivity index (χ3v) is 5.56. The number of rotatable bonds is 4. The van der Waals surface area contributed by atoms with E-state index in [0.717, 1.165) is 24.8 Å². The molecule has 2 aromatic carbocycles. The fraction of sp³-hybridized carbons (Fsp3) is 0.238. The number of likely N-dealkylation sites (tertiary alicyclic amines) is 1. The highest BCUT2D eigenvalue weighted by molar-refractivity contribution is 9.15. The monoisotopic (exact) mass is 446 g/mol. The van der Waals surface area contributed by atoms with E-state index in [2.05, 4.69) is 21.2 Å². The molecule has 2 amide bonds. The molecule has 6 heteroatoms. The van der Waals surface area contributed by atoms with Crippen LogP contribution in [0, 0.1) is 0 Å². The van der Waals surface area contributed by atoms with E-state index in [9.17, 15) is 9.59 Å². The van der Waals surface area contributed by atoms with Gasteiger partial charge in [-0.3, -0.25) is 9.59 Å². The van der Waals surface area contributed by atoms with Crippen molar-refractivity contribution in [2.75, 3.05) is 13.1 Å². The molecule has 2 aromatic rings. The lowest BCUT2D eigenvalue weighted by molar-refractivity contribution is -0.128. The predicted octanol–water partition coefficient (Wildman–Crippen LogP) is 4.85. The molecule has 0 spiro atoms. The van der Waals surface area contributed by atoms with Crippen molar-refractivity contribution in [1.82, 2.24) is 10.2 Å². The Hall–Kier alpha value is -2.11. The second-order valence-corrected chi connectivity index (χ2v) is 7.60. The molecular formula is C21H20BrClN2O2. The molecule has 0 saturated carbocycles. The summed E-state index contributed by atoms with van der Waals surface area (Å²) in [5.74, 6) is -0.498. The zero-order valence-electron chi connectivity index (χ0n) is 14.8. The minimum Gasteiger partial charge on any atom is -0.337 e. The number of amides is 2. The topological polar surface area (TPSA) is 49.4 Å². The van der Waals surface area contributed by atoms with Gasteiger partial charge in [-0.15, -0.1) is 0 Å². The Morgan fingerprint density at radius 3 is 2.15 bits per heavy atom. The highest BCUT2D eigenvalue weighted by Crippen LogP contribution is 2.27. The van der Waals surface area contributed by atoms with Gasteiger partial charge in [0.05, 0.1) is 4.48 Å². The zero-order chi connectivity index (χ0) is 19.2. The van der Waals surface area contributed by atoms with Crippen LogP contribution >= 0.6 is 27.5 Å². The van der Waals surface area contributed by atoms with Crippen LogP contribution in [-0.2, 0) is 4.79 Å². The van der Waals surface area contributed by atoms with Crippen molar-refractivity contribution >= 4 is 43.8 Å². The Kier molecular flexibility index (Phi) is 6.69. The lowest BCUT2D eigenvalue weighted by atomic mass is 10.1. The number of piperidine rings is 1. The van der Waals surface area contributed by atoms with Gasteiger partial charge in [-0.05, 0) is 65.0 Å². The molecule has 1 aliphatic heterocycles. The molecule has 0 bridgehead atoms. The summed E-state index contributed by atoms with van der Waals surface area (Å²) in [6, 6.07) is 16.0. The van der Waals surface area contributed by atoms with Crippen LogP contribution < -0.4 is 5.32 Å². The molecule has 1 N–H and O–H groups in total. The van der Waals surface area contributed by atoms with Crippen molar-refractivity contribution in [1.29, 1.82) is 0 Å². The average Bonchev–Trinajstić information content (AvgIpc) is 2.72. The largest absolute Gasteiger partial charge is 0.337 e. The first-order valence-corrected chi connectivity index (χ1v) is 10.0. The first kappa shape index (κ1) is 19.6. The molecule has 4 nitrogen and oxygen atoms in total. The third-order valence-electron chi connectivity index (χ3n) is 4.45. The summed E-state index contributed by atoms with van der Waals surface area (Å²) in [6.07, 6.45) is 3.08. The van der Waals surface area contributed by atoms with Crippen LogP contribution in [-0.4, -0.2) is 29.8 Å². The number of hydrogen-bond acceptors (Lipinski definition) is 2. The average molecular weight is 448 g/mol. The molecule has 1 saturated heterocycles. The van der Waals surface area contributed by atoms with Gasteiger partial charge >= 0.3 is 0 Å². The van der Waals surface area contributed by atoms with Crippen LogP contribution in [0.5, 0.6) is 0 Å². The summed E-state index contributed by atoms with van der Waals surface area (Å²) in [5.41, 5.74) is 1.51. The summed E-state index contributed by atoms with van der Waals surface area (Å²) in [4.78, 5) is 27.6. The Morgan fingerprint density at radius 2 is 1.52 bits per heavy atom. The van der Waals surface area contributed by atoms with E-state index in [1.54, 1.807) is 41.3 Å². The van der Waals surface area contributed by atoms with E-state index in [1.807, 2.05) is 18.2 Å². The van der Waals surface area contributed by atoms with E-state index in [-0.39, 0.29) is 17.5 Å². The Bertz CT molecular complexity index is 844. The number of nitrogens with zero attached hydrogens (tertiary/aromatic N) is 1. The second kappa shape index (κ2) is 9.20. The molecule has 0 aromatic heterocycles. The van der Waals surface area contributed by atoms with E-state index in [1.165, 1.54) is 0 Å². The Morgan fingerprint density at radius 1 is 0.889 bits per heavy atom. The van der Waals surface area contributed by atoms with Crippen molar-refractivity contribution in [3.63, 3.8) is 0 Å². The van der Waals surface area contributed by atoms with Crippen LogP contribution in [0.25, 0.3) is 4.48 Å². The highest BCUT2D eigenvalue weighted by atomic mass is 79.9. The molecule has 3 rings (SSSR count). The van der Waals surface area contributed by atoms with Gasteiger partial charge in [0, 0.05) is 23.7 Å². The second-order valence-electron chi connectivity index (χ2n) is 6.37. The third kappa shape index (κ3) is 4.99. The molecule has 140 valence electrons. The number of nitrogens with one attached hydrogen (secondary N) is 1. The van der Waals surface area contributed by atoms with Crippen molar-refractivity contribution in [2.45, 2.75) is 19.3 Å². The molecule has 1 heterocycles. The molecular weight excluding hydrogens is 428 g/mol. The summed E-state index contributed by atoms with van der Waals surface area (Å²) < 4.78 is 0.541. The minimum absolute atomic E-state index is 0.180. The molecule has 0 atom stereocenters. The maximum absolute atomic E-state index is 13.1. The highest BCUT2D eigenvalue weighted by Gasteiger charge is 2.25. The predicted molar refractivity (Wildman–Crippen MR) is 112 cm³/mol. The lowest BCUT2D eigenvalue weighted by Gasteiger charge is -2.28. The normalized spacial score (nSPS) is 15.1. The summed E-state index contributed by atoms with van der Waals surface area (Å²) in [5, 5.41) is 3.42. The molecule has 0 radical (unpaired) electrons. The zero-order valence-corrected chi connectivity index (χ0v) is 17.1. The summed E-state index contributed by atoms with van der Waals surface area (Å²) in [6.45, 7) is 1.40. The van der Waals surface area contributed by atoms with Crippen molar-refractivity contribution in [3.8, 4) is 0 Å². The number of carbonyl (C=O) groups is 2. The van der Waals surface area contributed by atoms with Gasteiger partial charge in [0.15, 0.2) is 0 Å². The standard InChI is InChI=1S/C21H20BrClN2O2/c22-18(15-9-11-17(23)12-10-15)19(21(27)25-13-5-2-6-14-25)24-20(26)16-7-3-1-4-8-16/h1,3-4,7-12H,2,5-6,13-14H2,(H,24,26). The first-order chi connectivity index (χ1) is 13.1. The lowest BCUT2D eigenvalue weighted by Crippen LogP contribution is -2.41. The molecule has 1 fully saturated rings. The van der Waals surface area contributed by atoms with Gasteiger partial charge in [-0.25, -0.2) is 0 Å². The summed E-state index contributed by atoms with van der Waals surface area (Å²) >= 11 is 9.49. The first-order valence-electron chi connectivity index (χ1n) is 8.87. The van der Waals surface area contributed by atoms with E-state index in [0.29, 0.717) is 28.2 Å². The Labute approximate surface area is 172 Å². The number of carbonyl (C=O) groups excluding carboxylic acids is 2. The number of hydrogen-bond donors (Lipinski definition) is 1. The minimum atomic E-state index is -0.318. The van der Waals surface area contributed by atoms with Crippen LogP contribution in [0.15, 0.2) is 60.3 Å². The van der Waals surface area contributed by atoms with Crippen molar-refractivity contribution < 1.29 is 9.59 Å². The molecule has 1 aliphatic rings. The van der Waals surface area contributed by atoms with Crippen molar-refractivity contribution in [3.05, 3.63) is 76.4 Å². The maximum Gasteiger partial charge on any atom is 0.271 e. The fourth-order valence-electron chi connectivity index (χ4n) is 2.97. The van der Waals surface area contributed by atoms with Crippen molar-refractivity contribution in [2.24, 2.45) is 0 Å². The molecule has 0 unspecified atom stereocenters. The number of benzene rings is 2. The van der Waals surface area contributed by atoms with Gasteiger partial charge in [0.25, 0.3) is 11.8 Å².